The van der Waals surface area contributed by atoms with Gasteiger partial charge in [-0.1, -0.05) is 139 Å². The van der Waals surface area contributed by atoms with E-state index in [9.17, 15) is 19.2 Å². The van der Waals surface area contributed by atoms with Crippen LogP contribution in [-0.2, 0) is 9.47 Å². The first-order valence-electron chi connectivity index (χ1n) is 18.5. The van der Waals surface area contributed by atoms with Gasteiger partial charge in [0.05, 0.1) is 35.5 Å². The zero-order chi connectivity index (χ0) is 37.2. The average Bonchev–Trinajstić information content (AvgIpc) is 3.18. The van der Waals surface area contributed by atoms with Crippen LogP contribution in [0, 0.1) is 0 Å². The Bertz CT molecular complexity index is 1510. The third-order valence-corrected chi connectivity index (χ3v) is 8.10. The van der Waals surface area contributed by atoms with Crippen molar-refractivity contribution in [3.05, 3.63) is 131 Å². The number of para-hydroxylation sites is 2. The molecule has 8 nitrogen and oxygen atoms in total. The first-order chi connectivity index (χ1) is 25.4. The Hall–Kier alpha value is -5.24. The highest BCUT2D eigenvalue weighted by molar-refractivity contribution is 6.04. The second-order valence-corrected chi connectivity index (χ2v) is 12.3. The van der Waals surface area contributed by atoms with Crippen LogP contribution in [0.25, 0.3) is 0 Å². The molecule has 0 heterocycles. The largest absolute Gasteiger partial charge is 0.462 e. The molecule has 276 valence electrons. The highest BCUT2D eigenvalue weighted by Gasteiger charge is 2.21. The van der Waals surface area contributed by atoms with Crippen LogP contribution in [0.1, 0.15) is 132 Å². The van der Waals surface area contributed by atoms with Crippen LogP contribution in [0.4, 0.5) is 0 Å². The van der Waals surface area contributed by atoms with E-state index in [0.29, 0.717) is 35.8 Å². The second-order valence-electron chi connectivity index (χ2n) is 12.3. The molecule has 0 unspecified atom stereocenters. The number of hydrogen-bond acceptors (Lipinski definition) is 8. The fourth-order valence-corrected chi connectivity index (χ4v) is 5.23. The van der Waals surface area contributed by atoms with Gasteiger partial charge in [-0.3, -0.25) is 0 Å². The number of carbonyl (C=O) groups excluding carboxylic acids is 4. The molecule has 0 spiro atoms. The van der Waals surface area contributed by atoms with Gasteiger partial charge < -0.3 is 18.9 Å². The maximum absolute atomic E-state index is 12.4. The van der Waals surface area contributed by atoms with Gasteiger partial charge in [0, 0.05) is 0 Å². The van der Waals surface area contributed by atoms with Gasteiger partial charge in [0.1, 0.15) is 11.5 Å². The summed E-state index contributed by atoms with van der Waals surface area (Å²) in [4.78, 5) is 49.4. The van der Waals surface area contributed by atoms with Crippen molar-refractivity contribution in [1.29, 1.82) is 0 Å². The van der Waals surface area contributed by atoms with E-state index in [-0.39, 0.29) is 11.1 Å². The molecular formula is C44H52O8. The van der Waals surface area contributed by atoms with Crippen LogP contribution in [0.15, 0.2) is 109 Å². The molecule has 0 aliphatic carbocycles. The summed E-state index contributed by atoms with van der Waals surface area (Å²) in [7, 11) is 0. The Morgan fingerprint density at radius 1 is 0.365 bits per heavy atom. The van der Waals surface area contributed by atoms with Gasteiger partial charge in [-0.2, -0.15) is 0 Å². The molecule has 8 heteroatoms. The number of rotatable bonds is 20. The predicted molar refractivity (Wildman–Crippen MR) is 203 cm³/mol. The quantitative estimate of drug-likeness (QED) is 0.0507. The second kappa shape index (κ2) is 24.8. The summed E-state index contributed by atoms with van der Waals surface area (Å²) in [6, 6.07) is 30.5. The molecule has 0 aromatic heterocycles. The SMILES string of the molecule is CCCCCCCCOC(=O)c1ccccc1C(=O)OCCCCCCCC.O=C(Oc1ccccc1)c1ccccc1C(=O)Oc1ccccc1. The van der Waals surface area contributed by atoms with E-state index >= 15 is 0 Å². The summed E-state index contributed by atoms with van der Waals surface area (Å²) in [5, 5.41) is 0. The number of benzene rings is 4. The summed E-state index contributed by atoms with van der Waals surface area (Å²) in [5.74, 6) is -1.28. The minimum Gasteiger partial charge on any atom is -0.462 e. The van der Waals surface area contributed by atoms with Crippen molar-refractivity contribution in [1.82, 2.24) is 0 Å². The van der Waals surface area contributed by atoms with Crippen molar-refractivity contribution in [2.75, 3.05) is 13.2 Å². The zero-order valence-electron chi connectivity index (χ0n) is 30.6. The van der Waals surface area contributed by atoms with Crippen molar-refractivity contribution in [3.63, 3.8) is 0 Å². The molecule has 4 aromatic rings. The van der Waals surface area contributed by atoms with E-state index in [1.165, 1.54) is 63.5 Å². The van der Waals surface area contributed by atoms with Crippen molar-refractivity contribution in [2.24, 2.45) is 0 Å². The first kappa shape index (κ1) is 41.2. The Kier molecular flexibility index (Phi) is 19.7. The summed E-state index contributed by atoms with van der Waals surface area (Å²) >= 11 is 0. The lowest BCUT2D eigenvalue weighted by Crippen LogP contribution is -2.17. The third kappa shape index (κ3) is 15.3. The molecule has 0 aliphatic rings. The number of ether oxygens (including phenoxy) is 4. The van der Waals surface area contributed by atoms with E-state index in [4.69, 9.17) is 18.9 Å². The number of carbonyl (C=O) groups is 4. The highest BCUT2D eigenvalue weighted by Crippen LogP contribution is 2.18. The molecule has 0 saturated heterocycles. The van der Waals surface area contributed by atoms with Crippen LogP contribution in [0.2, 0.25) is 0 Å². The Morgan fingerprint density at radius 3 is 1.00 bits per heavy atom. The van der Waals surface area contributed by atoms with Gasteiger partial charge in [-0.25, -0.2) is 19.2 Å². The first-order valence-corrected chi connectivity index (χ1v) is 18.5. The molecule has 52 heavy (non-hydrogen) atoms. The van der Waals surface area contributed by atoms with Crippen LogP contribution < -0.4 is 9.47 Å². The highest BCUT2D eigenvalue weighted by atomic mass is 16.5. The van der Waals surface area contributed by atoms with E-state index in [1.807, 2.05) is 12.1 Å². The zero-order valence-corrected chi connectivity index (χ0v) is 30.6. The van der Waals surface area contributed by atoms with Crippen molar-refractivity contribution >= 4 is 23.9 Å². The molecule has 0 radical (unpaired) electrons. The number of unbranched alkanes of at least 4 members (excludes halogenated alkanes) is 10. The van der Waals surface area contributed by atoms with Crippen LogP contribution in [0.3, 0.4) is 0 Å². The smallest absolute Gasteiger partial charge is 0.344 e. The van der Waals surface area contributed by atoms with Gasteiger partial charge in [-0.15, -0.1) is 0 Å². The topological polar surface area (TPSA) is 105 Å². The monoisotopic (exact) mass is 708 g/mol. The lowest BCUT2D eigenvalue weighted by Gasteiger charge is -2.10. The van der Waals surface area contributed by atoms with Crippen LogP contribution >= 0.6 is 0 Å². The molecular weight excluding hydrogens is 656 g/mol. The van der Waals surface area contributed by atoms with Gasteiger partial charge in [0.25, 0.3) is 0 Å². The van der Waals surface area contributed by atoms with E-state index in [0.717, 1.165) is 25.7 Å². The van der Waals surface area contributed by atoms with Crippen molar-refractivity contribution in [3.8, 4) is 11.5 Å². The van der Waals surface area contributed by atoms with Gasteiger partial charge >= 0.3 is 23.9 Å². The molecule has 0 N–H and O–H groups in total. The van der Waals surface area contributed by atoms with Gasteiger partial charge in [-0.05, 0) is 61.4 Å². The molecule has 4 rings (SSSR count). The predicted octanol–water partition coefficient (Wildman–Crippen LogP) is 10.8. The summed E-state index contributed by atoms with van der Waals surface area (Å²) < 4.78 is 21.3. The lowest BCUT2D eigenvalue weighted by atomic mass is 10.1. The van der Waals surface area contributed by atoms with Crippen molar-refractivity contribution < 1.29 is 38.1 Å². The fraction of sp³-hybridized carbons (Fsp3) is 0.364. The van der Waals surface area contributed by atoms with Crippen LogP contribution in [-0.4, -0.2) is 37.1 Å². The minimum atomic E-state index is -0.609. The third-order valence-electron chi connectivity index (χ3n) is 8.10. The molecule has 4 aromatic carbocycles. The maximum atomic E-state index is 12.4. The molecule has 0 amide bonds. The maximum Gasteiger partial charge on any atom is 0.344 e. The Balaban J connectivity index is 0.000000283. The molecule has 0 fully saturated rings. The normalized spacial score (nSPS) is 10.3. The fourth-order valence-electron chi connectivity index (χ4n) is 5.23. The molecule has 0 atom stereocenters. The molecule has 0 saturated carbocycles. The molecule has 0 bridgehead atoms. The van der Waals surface area contributed by atoms with Crippen molar-refractivity contribution in [2.45, 2.75) is 90.9 Å². The summed E-state index contributed by atoms with van der Waals surface area (Å²) in [6.45, 7) is 5.17. The Morgan fingerprint density at radius 2 is 0.654 bits per heavy atom. The van der Waals surface area contributed by atoms with E-state index < -0.39 is 23.9 Å². The lowest BCUT2D eigenvalue weighted by molar-refractivity contribution is 0.0450. The number of esters is 4. The minimum absolute atomic E-state index is 0.155. The summed E-state index contributed by atoms with van der Waals surface area (Å²) in [5.41, 5.74) is 0.896. The summed E-state index contributed by atoms with van der Waals surface area (Å²) in [6.07, 6.45) is 13.6. The van der Waals surface area contributed by atoms with E-state index in [1.54, 1.807) is 84.9 Å². The van der Waals surface area contributed by atoms with E-state index in [2.05, 4.69) is 13.8 Å². The van der Waals surface area contributed by atoms with Crippen LogP contribution in [0.5, 0.6) is 11.5 Å². The standard InChI is InChI=1S/C24H38O4.C20H14O4/c1-3-5-7-9-11-15-19-27-23(25)21-17-13-14-18-22(21)24(26)28-20-16-12-10-8-6-4-2;21-19(23-15-9-3-1-4-10-15)17-13-7-8-14-18(17)20(22)24-16-11-5-2-6-12-16/h13-14,17-18H,3-12,15-16,19-20H2,1-2H3;1-14H. The molecule has 0 aliphatic heterocycles. The van der Waals surface area contributed by atoms with Gasteiger partial charge in [0.15, 0.2) is 0 Å². The number of hydrogen-bond donors (Lipinski definition) is 0. The Labute approximate surface area is 308 Å². The van der Waals surface area contributed by atoms with Gasteiger partial charge in [0.2, 0.25) is 0 Å². The average molecular weight is 709 g/mol.